The number of benzene rings is 2. The highest BCUT2D eigenvalue weighted by atomic mass is 35.5. The maximum absolute atomic E-state index is 12.4. The molecule has 1 aliphatic rings. The molecule has 4 nitrogen and oxygen atoms in total. The van der Waals surface area contributed by atoms with Crippen molar-refractivity contribution in [2.45, 2.75) is 45.4 Å². The van der Waals surface area contributed by atoms with Crippen molar-refractivity contribution in [2.75, 3.05) is 13.1 Å². The first-order chi connectivity index (χ1) is 13.1. The first kappa shape index (κ1) is 19.7. The van der Waals surface area contributed by atoms with Gasteiger partial charge in [0.15, 0.2) is 6.10 Å². The molecule has 1 heterocycles. The lowest BCUT2D eigenvalue weighted by Crippen LogP contribution is -2.37. The molecule has 27 heavy (non-hydrogen) atoms. The van der Waals surface area contributed by atoms with Gasteiger partial charge in [0, 0.05) is 18.1 Å². The van der Waals surface area contributed by atoms with Crippen LogP contribution in [-0.2, 0) is 17.9 Å². The molecule has 3 rings (SSSR count). The molecule has 0 aromatic heterocycles. The van der Waals surface area contributed by atoms with Crippen molar-refractivity contribution in [3.8, 4) is 5.75 Å². The second kappa shape index (κ2) is 9.77. The van der Waals surface area contributed by atoms with Crippen LogP contribution in [0.4, 0.5) is 0 Å². The first-order valence-electron chi connectivity index (χ1n) is 9.64. The molecule has 0 bridgehead atoms. The smallest absolute Gasteiger partial charge is 0.261 e. The molecule has 0 radical (unpaired) electrons. The number of amides is 1. The van der Waals surface area contributed by atoms with Gasteiger partial charge in [0.2, 0.25) is 0 Å². The van der Waals surface area contributed by atoms with E-state index < -0.39 is 6.10 Å². The third-order valence-corrected chi connectivity index (χ3v) is 5.10. The van der Waals surface area contributed by atoms with Crippen molar-refractivity contribution < 1.29 is 9.53 Å². The van der Waals surface area contributed by atoms with Crippen molar-refractivity contribution in [1.82, 2.24) is 10.2 Å². The number of carbonyl (C=O) groups is 1. The Labute approximate surface area is 166 Å². The minimum Gasteiger partial charge on any atom is -0.481 e. The Kier molecular flexibility index (Phi) is 7.13. The number of nitrogens with zero attached hydrogens (tertiary/aromatic N) is 1. The van der Waals surface area contributed by atoms with Gasteiger partial charge >= 0.3 is 0 Å². The summed E-state index contributed by atoms with van der Waals surface area (Å²) in [5.74, 6) is 0.543. The molecule has 144 valence electrons. The summed E-state index contributed by atoms with van der Waals surface area (Å²) in [6, 6.07) is 15.5. The highest BCUT2D eigenvalue weighted by Gasteiger charge is 2.18. The normalized spacial score (nSPS) is 15.5. The Morgan fingerprint density at radius 2 is 1.70 bits per heavy atom. The molecule has 1 fully saturated rings. The predicted molar refractivity (Wildman–Crippen MR) is 109 cm³/mol. The lowest BCUT2D eigenvalue weighted by atomic mass is 10.1. The fourth-order valence-electron chi connectivity index (χ4n) is 3.26. The van der Waals surface area contributed by atoms with Gasteiger partial charge in [-0.15, -0.1) is 0 Å². The largest absolute Gasteiger partial charge is 0.481 e. The van der Waals surface area contributed by atoms with Gasteiger partial charge in [-0.2, -0.15) is 0 Å². The van der Waals surface area contributed by atoms with Crippen molar-refractivity contribution >= 4 is 17.5 Å². The summed E-state index contributed by atoms with van der Waals surface area (Å²) >= 11 is 5.88. The van der Waals surface area contributed by atoms with E-state index >= 15 is 0 Å². The van der Waals surface area contributed by atoms with Gasteiger partial charge in [-0.1, -0.05) is 42.8 Å². The third kappa shape index (κ3) is 5.98. The fraction of sp³-hybridized carbons (Fsp3) is 0.409. The van der Waals surface area contributed by atoms with Crippen LogP contribution in [0.15, 0.2) is 48.5 Å². The maximum atomic E-state index is 12.4. The quantitative estimate of drug-likeness (QED) is 0.730. The second-order valence-electron chi connectivity index (χ2n) is 6.99. The molecule has 1 amide bonds. The number of hydrogen-bond donors (Lipinski definition) is 1. The Balaban J connectivity index is 1.48. The number of rotatable bonds is 8. The van der Waals surface area contributed by atoms with E-state index in [4.69, 9.17) is 16.3 Å². The predicted octanol–water partition coefficient (Wildman–Crippen LogP) is 4.41. The van der Waals surface area contributed by atoms with Gasteiger partial charge in [-0.05, 0) is 67.7 Å². The van der Waals surface area contributed by atoms with Crippen LogP contribution in [-0.4, -0.2) is 30.0 Å². The average molecular weight is 387 g/mol. The van der Waals surface area contributed by atoms with Crippen LogP contribution >= 0.6 is 11.6 Å². The Hall–Kier alpha value is -2.04. The van der Waals surface area contributed by atoms with Crippen molar-refractivity contribution in [3.05, 3.63) is 64.7 Å². The topological polar surface area (TPSA) is 41.6 Å². The Morgan fingerprint density at radius 1 is 1.07 bits per heavy atom. The van der Waals surface area contributed by atoms with Crippen LogP contribution in [0.5, 0.6) is 5.75 Å². The zero-order chi connectivity index (χ0) is 19.1. The number of nitrogens with one attached hydrogen (secondary N) is 1. The summed E-state index contributed by atoms with van der Waals surface area (Å²) in [5, 5.41) is 3.62. The molecule has 1 N–H and O–H groups in total. The molecule has 1 saturated heterocycles. The van der Waals surface area contributed by atoms with E-state index in [0.29, 0.717) is 23.7 Å². The van der Waals surface area contributed by atoms with Gasteiger partial charge < -0.3 is 10.1 Å². The van der Waals surface area contributed by atoms with E-state index in [-0.39, 0.29) is 5.91 Å². The number of ether oxygens (including phenoxy) is 1. The fourth-order valence-corrected chi connectivity index (χ4v) is 3.39. The molecule has 0 spiro atoms. The molecule has 2 aromatic rings. The zero-order valence-corrected chi connectivity index (χ0v) is 16.5. The lowest BCUT2D eigenvalue weighted by molar-refractivity contribution is -0.128. The summed E-state index contributed by atoms with van der Waals surface area (Å²) in [6.07, 6.45) is 2.70. The van der Waals surface area contributed by atoms with Gasteiger partial charge in [0.25, 0.3) is 5.91 Å². The zero-order valence-electron chi connectivity index (χ0n) is 15.8. The molecule has 0 aliphatic carbocycles. The second-order valence-corrected chi connectivity index (χ2v) is 7.42. The summed E-state index contributed by atoms with van der Waals surface area (Å²) in [5.41, 5.74) is 2.42. The van der Waals surface area contributed by atoms with Crippen molar-refractivity contribution in [3.63, 3.8) is 0 Å². The molecular weight excluding hydrogens is 360 g/mol. The molecule has 0 saturated carbocycles. The standard InChI is InChI=1S/C22H27ClN2O2/c1-2-21(27-20-11-9-19(23)10-12-20)22(26)24-15-17-5-7-18(8-6-17)16-25-13-3-4-14-25/h5-12,21H,2-4,13-16H2,1H3,(H,24,26). The first-order valence-corrected chi connectivity index (χ1v) is 10.0. The molecule has 1 aliphatic heterocycles. The van der Waals surface area contributed by atoms with Crippen LogP contribution in [0, 0.1) is 0 Å². The van der Waals surface area contributed by atoms with Crippen LogP contribution < -0.4 is 10.1 Å². The van der Waals surface area contributed by atoms with E-state index in [9.17, 15) is 4.79 Å². The number of likely N-dealkylation sites (tertiary alicyclic amines) is 1. The SMILES string of the molecule is CCC(Oc1ccc(Cl)cc1)C(=O)NCc1ccc(CN2CCCC2)cc1. The number of hydrogen-bond acceptors (Lipinski definition) is 3. The minimum absolute atomic E-state index is 0.103. The summed E-state index contributed by atoms with van der Waals surface area (Å²) in [6.45, 7) is 5.85. The summed E-state index contributed by atoms with van der Waals surface area (Å²) < 4.78 is 5.79. The molecule has 2 aromatic carbocycles. The highest BCUT2D eigenvalue weighted by Crippen LogP contribution is 2.18. The van der Waals surface area contributed by atoms with Gasteiger partial charge in [0.05, 0.1) is 0 Å². The van der Waals surface area contributed by atoms with Gasteiger partial charge in [-0.3, -0.25) is 9.69 Å². The van der Waals surface area contributed by atoms with Gasteiger partial charge in [0.1, 0.15) is 5.75 Å². The van der Waals surface area contributed by atoms with E-state index in [1.54, 1.807) is 24.3 Å². The highest BCUT2D eigenvalue weighted by molar-refractivity contribution is 6.30. The van der Waals surface area contributed by atoms with Crippen molar-refractivity contribution in [1.29, 1.82) is 0 Å². The average Bonchev–Trinajstić information content (AvgIpc) is 3.20. The van der Waals surface area contributed by atoms with Gasteiger partial charge in [-0.25, -0.2) is 0 Å². The van der Waals surface area contributed by atoms with Crippen LogP contribution in [0.3, 0.4) is 0 Å². The van der Waals surface area contributed by atoms with E-state index in [1.165, 1.54) is 31.5 Å². The number of carbonyl (C=O) groups excluding carboxylic acids is 1. The number of halogens is 1. The van der Waals surface area contributed by atoms with Crippen molar-refractivity contribution in [2.24, 2.45) is 0 Å². The lowest BCUT2D eigenvalue weighted by Gasteiger charge is -2.18. The summed E-state index contributed by atoms with van der Waals surface area (Å²) in [7, 11) is 0. The van der Waals surface area contributed by atoms with Crippen LogP contribution in [0.2, 0.25) is 5.02 Å². The minimum atomic E-state index is -0.513. The molecule has 5 heteroatoms. The summed E-state index contributed by atoms with van der Waals surface area (Å²) in [4.78, 5) is 14.9. The molecule has 1 unspecified atom stereocenters. The van der Waals surface area contributed by atoms with Crippen LogP contribution in [0.1, 0.15) is 37.3 Å². The van der Waals surface area contributed by atoms with E-state index in [1.807, 2.05) is 6.92 Å². The Bertz CT molecular complexity index is 725. The molecular formula is C22H27ClN2O2. The Morgan fingerprint density at radius 3 is 2.33 bits per heavy atom. The maximum Gasteiger partial charge on any atom is 0.261 e. The van der Waals surface area contributed by atoms with Crippen LogP contribution in [0.25, 0.3) is 0 Å². The molecule has 1 atom stereocenters. The monoisotopic (exact) mass is 386 g/mol. The van der Waals surface area contributed by atoms with E-state index in [2.05, 4.69) is 34.5 Å². The third-order valence-electron chi connectivity index (χ3n) is 4.85. The van der Waals surface area contributed by atoms with E-state index in [0.717, 1.165) is 12.1 Å².